The third-order valence-electron chi connectivity index (χ3n) is 11.3. The molecule has 0 aromatic heterocycles. The summed E-state index contributed by atoms with van der Waals surface area (Å²) in [6, 6.07) is 7.58. The van der Waals surface area contributed by atoms with Crippen molar-refractivity contribution in [2.24, 2.45) is 0 Å². The average Bonchev–Trinajstić information content (AvgIpc) is 3.26. The van der Waals surface area contributed by atoms with E-state index in [1.54, 1.807) is 12.1 Å². The molecular formula is C52H82O9. The number of phenolic OH excluding ortho intramolecular Hbond substituents is 1. The van der Waals surface area contributed by atoms with Crippen LogP contribution in [0.5, 0.6) is 5.75 Å². The lowest BCUT2D eigenvalue weighted by Crippen LogP contribution is -2.16. The highest BCUT2D eigenvalue weighted by molar-refractivity contribution is 6.07. The molecule has 9 heteroatoms. The van der Waals surface area contributed by atoms with Gasteiger partial charge in [-0.25, -0.2) is 19.2 Å². The third-order valence-corrected chi connectivity index (χ3v) is 11.3. The number of hydrogen-bond acceptors (Lipinski definition) is 9. The van der Waals surface area contributed by atoms with Crippen molar-refractivity contribution in [1.82, 2.24) is 0 Å². The number of ether oxygens (including phenoxy) is 4. The first kappa shape index (κ1) is 53.3. The summed E-state index contributed by atoms with van der Waals surface area (Å²) in [5.74, 6) is -3.37. The van der Waals surface area contributed by atoms with Gasteiger partial charge in [-0.2, -0.15) is 0 Å². The highest BCUT2D eigenvalue weighted by Crippen LogP contribution is 2.36. The number of aromatic hydroxyl groups is 1. The fourth-order valence-electron chi connectivity index (χ4n) is 7.46. The molecular weight excluding hydrogens is 769 g/mol. The number of hydrogen-bond donors (Lipinski definition) is 1. The van der Waals surface area contributed by atoms with Crippen LogP contribution in [0.4, 0.5) is 0 Å². The zero-order valence-electron chi connectivity index (χ0n) is 38.7. The number of carbonyl (C=O) groups is 4. The van der Waals surface area contributed by atoms with E-state index in [0.29, 0.717) is 24.8 Å². The largest absolute Gasteiger partial charge is 0.506 e. The van der Waals surface area contributed by atoms with Crippen LogP contribution < -0.4 is 0 Å². The Balaban J connectivity index is 2.36. The first-order chi connectivity index (χ1) is 29.8. The van der Waals surface area contributed by atoms with Crippen LogP contribution in [0, 0.1) is 0 Å². The molecule has 1 N–H and O–H groups in total. The van der Waals surface area contributed by atoms with Crippen LogP contribution >= 0.6 is 0 Å². The molecule has 0 heterocycles. The van der Waals surface area contributed by atoms with Crippen molar-refractivity contribution in [3.05, 3.63) is 52.6 Å². The summed E-state index contributed by atoms with van der Waals surface area (Å²) < 4.78 is 22.6. The van der Waals surface area contributed by atoms with E-state index in [1.165, 1.54) is 95.2 Å². The van der Waals surface area contributed by atoms with Crippen LogP contribution in [0.3, 0.4) is 0 Å². The minimum Gasteiger partial charge on any atom is -0.506 e. The van der Waals surface area contributed by atoms with Gasteiger partial charge >= 0.3 is 23.9 Å². The van der Waals surface area contributed by atoms with Crippen molar-refractivity contribution < 1.29 is 43.2 Å². The third kappa shape index (κ3) is 22.2. The van der Waals surface area contributed by atoms with Crippen LogP contribution in [-0.4, -0.2) is 55.4 Å². The van der Waals surface area contributed by atoms with Gasteiger partial charge in [-0.15, -0.1) is 0 Å². The second-order valence-electron chi connectivity index (χ2n) is 16.7. The normalized spacial score (nSPS) is 11.1. The summed E-state index contributed by atoms with van der Waals surface area (Å²) in [6.45, 7) is 9.53. The predicted molar refractivity (Wildman–Crippen MR) is 247 cm³/mol. The van der Waals surface area contributed by atoms with Crippen LogP contribution in [0.25, 0.3) is 11.1 Å². The summed E-state index contributed by atoms with van der Waals surface area (Å²) in [5, 5.41) is 11.6. The van der Waals surface area contributed by atoms with Crippen molar-refractivity contribution in [1.29, 1.82) is 0 Å². The molecule has 0 bridgehead atoms. The van der Waals surface area contributed by atoms with E-state index >= 15 is 0 Å². The maximum atomic E-state index is 13.8. The van der Waals surface area contributed by atoms with Crippen LogP contribution in [-0.2, 0) is 18.9 Å². The molecule has 0 fully saturated rings. The molecule has 0 amide bonds. The second-order valence-corrected chi connectivity index (χ2v) is 16.7. The van der Waals surface area contributed by atoms with Gasteiger partial charge in [0.2, 0.25) is 0 Å². The van der Waals surface area contributed by atoms with Crippen molar-refractivity contribution in [2.75, 3.05) is 26.4 Å². The van der Waals surface area contributed by atoms with Crippen molar-refractivity contribution in [3.63, 3.8) is 0 Å². The number of phenols is 1. The van der Waals surface area contributed by atoms with Gasteiger partial charge in [0, 0.05) is 5.56 Å². The summed E-state index contributed by atoms with van der Waals surface area (Å²) in [4.78, 5) is 54.3. The van der Waals surface area contributed by atoms with Crippen LogP contribution in [0.1, 0.15) is 249 Å². The molecule has 2 rings (SSSR count). The Hall–Kier alpha value is -3.88. The second kappa shape index (κ2) is 34.7. The monoisotopic (exact) mass is 851 g/mol. The minimum atomic E-state index is -0.790. The number of carbonyl (C=O) groups excluding carboxylic acids is 4. The lowest BCUT2D eigenvalue weighted by atomic mass is 9.93. The smallest absolute Gasteiger partial charge is 0.342 e. The molecule has 0 spiro atoms. The quantitative estimate of drug-likeness (QED) is 0.0402. The average molecular weight is 851 g/mol. The van der Waals surface area contributed by atoms with E-state index in [4.69, 9.17) is 18.9 Å². The summed E-state index contributed by atoms with van der Waals surface area (Å²) in [7, 11) is 0. The zero-order chi connectivity index (χ0) is 44.3. The summed E-state index contributed by atoms with van der Waals surface area (Å²) >= 11 is 0. The van der Waals surface area contributed by atoms with E-state index in [1.807, 2.05) is 0 Å². The first-order valence-corrected chi connectivity index (χ1v) is 24.5. The fraction of sp³-hybridized carbons (Fsp3) is 0.692. The van der Waals surface area contributed by atoms with E-state index in [9.17, 15) is 24.3 Å². The molecule has 61 heavy (non-hydrogen) atoms. The van der Waals surface area contributed by atoms with Crippen molar-refractivity contribution in [3.8, 4) is 16.9 Å². The summed E-state index contributed by atoms with van der Waals surface area (Å²) in [5.41, 5.74) is 0.334. The first-order valence-electron chi connectivity index (χ1n) is 24.5. The highest BCUT2D eigenvalue weighted by Gasteiger charge is 2.27. The predicted octanol–water partition coefficient (Wildman–Crippen LogP) is 14.7. The van der Waals surface area contributed by atoms with E-state index in [-0.39, 0.29) is 54.2 Å². The minimum absolute atomic E-state index is 0.00470. The Labute approximate surface area is 369 Å². The molecule has 2 aromatic carbocycles. The van der Waals surface area contributed by atoms with E-state index in [2.05, 4.69) is 27.7 Å². The van der Waals surface area contributed by atoms with Crippen LogP contribution in [0.15, 0.2) is 30.3 Å². The molecule has 0 atom stereocenters. The van der Waals surface area contributed by atoms with Gasteiger partial charge in [0.15, 0.2) is 0 Å². The maximum absolute atomic E-state index is 13.8. The number of benzene rings is 2. The van der Waals surface area contributed by atoms with Gasteiger partial charge in [0.1, 0.15) is 16.9 Å². The van der Waals surface area contributed by atoms with Crippen LogP contribution in [0.2, 0.25) is 0 Å². The molecule has 0 radical (unpaired) electrons. The molecule has 0 aliphatic rings. The van der Waals surface area contributed by atoms with Gasteiger partial charge < -0.3 is 24.1 Å². The molecule has 2 aromatic rings. The number of esters is 4. The lowest BCUT2D eigenvalue weighted by Gasteiger charge is -2.16. The number of rotatable bonds is 37. The molecule has 0 saturated carbocycles. The standard InChI is InChI=1S/C52H82O9/c1-5-9-13-17-21-25-29-37-58-49(54)44-34-33-42(41-46(44)51(56)60-39-31-27-23-19-15-11-7-3)43-35-36-45(50(55)59-38-30-26-22-18-14-10-6-2)48(53)47(43)52(57)61-40-32-28-24-20-16-12-8-4/h33-36,41,53H,5-32,37-40H2,1-4H3. The topological polar surface area (TPSA) is 125 Å². The lowest BCUT2D eigenvalue weighted by molar-refractivity contribution is 0.0450. The highest BCUT2D eigenvalue weighted by atomic mass is 16.5. The molecule has 0 aliphatic heterocycles. The van der Waals surface area contributed by atoms with Gasteiger partial charge in [-0.1, -0.05) is 194 Å². The van der Waals surface area contributed by atoms with Gasteiger partial charge in [0.05, 0.1) is 37.6 Å². The van der Waals surface area contributed by atoms with Gasteiger partial charge in [0.25, 0.3) is 0 Å². The number of unbranched alkanes of at least 4 members (excludes halogenated alkanes) is 24. The fourth-order valence-corrected chi connectivity index (χ4v) is 7.46. The summed E-state index contributed by atoms with van der Waals surface area (Å²) in [6.07, 6.45) is 29.7. The zero-order valence-corrected chi connectivity index (χ0v) is 38.7. The Morgan fingerprint density at radius 3 is 1.08 bits per heavy atom. The molecule has 9 nitrogen and oxygen atoms in total. The van der Waals surface area contributed by atoms with E-state index < -0.39 is 29.6 Å². The molecule has 0 aliphatic carbocycles. The maximum Gasteiger partial charge on any atom is 0.342 e. The Morgan fingerprint density at radius 1 is 0.377 bits per heavy atom. The Morgan fingerprint density at radius 2 is 0.689 bits per heavy atom. The van der Waals surface area contributed by atoms with Crippen molar-refractivity contribution in [2.45, 2.75) is 207 Å². The SMILES string of the molecule is CCCCCCCCCOC(=O)c1ccc(-c2ccc(C(=O)OCCCCCCCCC)c(O)c2C(=O)OCCCCCCCCC)cc1C(=O)OCCCCCCCCC. The Bertz CT molecular complexity index is 1520. The van der Waals surface area contributed by atoms with Gasteiger partial charge in [-0.05, 0) is 49.4 Å². The molecule has 0 saturated heterocycles. The van der Waals surface area contributed by atoms with Crippen molar-refractivity contribution >= 4 is 23.9 Å². The Kier molecular flexibility index (Phi) is 30.3. The molecule has 0 unspecified atom stereocenters. The van der Waals surface area contributed by atoms with Gasteiger partial charge in [-0.3, -0.25) is 0 Å². The van der Waals surface area contributed by atoms with E-state index in [0.717, 1.165) is 83.5 Å². The molecule has 344 valence electrons.